The predicted octanol–water partition coefficient (Wildman–Crippen LogP) is -0.453. The van der Waals surface area contributed by atoms with E-state index in [2.05, 4.69) is 4.84 Å². The lowest BCUT2D eigenvalue weighted by Gasteiger charge is -2.38. The Morgan fingerprint density at radius 2 is 2.08 bits per heavy atom. The number of nitrogens with two attached hydrogens (primary N) is 1. The molecule has 78 valence electrons. The van der Waals surface area contributed by atoms with Crippen LogP contribution in [0.5, 0.6) is 0 Å². The van der Waals surface area contributed by atoms with Crippen molar-refractivity contribution in [3.8, 4) is 0 Å². The van der Waals surface area contributed by atoms with Crippen LogP contribution in [0.1, 0.15) is 13.8 Å². The van der Waals surface area contributed by atoms with Crippen molar-refractivity contribution in [1.29, 1.82) is 0 Å². The van der Waals surface area contributed by atoms with E-state index < -0.39 is 10.0 Å². The van der Waals surface area contributed by atoms with Gasteiger partial charge < -0.3 is 4.84 Å². The van der Waals surface area contributed by atoms with Crippen LogP contribution >= 0.6 is 0 Å². The molecule has 0 atom stereocenters. The molecule has 1 saturated heterocycles. The highest BCUT2D eigenvalue weighted by Crippen LogP contribution is 2.21. The Balaban J connectivity index is 2.43. The Labute approximate surface area is 78.9 Å². The first kappa shape index (κ1) is 10.9. The smallest absolute Gasteiger partial charge is 0.216 e. The standard InChI is InChI=1S/C7H16N2O3S/c1-6(2)13(10,11)9-3-7(4-9)5-12-8/h6-7H,3-5,8H2,1-2H3. The van der Waals surface area contributed by atoms with Gasteiger partial charge >= 0.3 is 0 Å². The SMILES string of the molecule is CC(C)S(=O)(=O)N1CC(CON)C1. The van der Waals surface area contributed by atoms with Gasteiger partial charge in [0.25, 0.3) is 0 Å². The fraction of sp³-hybridized carbons (Fsp3) is 1.00. The number of sulfonamides is 1. The normalized spacial score (nSPS) is 20.6. The fourth-order valence-electron chi connectivity index (χ4n) is 1.27. The maximum Gasteiger partial charge on any atom is 0.216 e. The van der Waals surface area contributed by atoms with Gasteiger partial charge in [0.05, 0.1) is 11.9 Å². The van der Waals surface area contributed by atoms with Crippen molar-refractivity contribution in [2.75, 3.05) is 19.7 Å². The van der Waals surface area contributed by atoms with Gasteiger partial charge in [-0.15, -0.1) is 0 Å². The predicted molar refractivity (Wildman–Crippen MR) is 49.3 cm³/mol. The first-order valence-electron chi connectivity index (χ1n) is 4.29. The minimum absolute atomic E-state index is 0.263. The maximum absolute atomic E-state index is 11.5. The molecule has 1 aliphatic rings. The molecule has 6 heteroatoms. The summed E-state index contributed by atoms with van der Waals surface area (Å²) in [5.74, 6) is 5.15. The fourth-order valence-corrected chi connectivity index (χ4v) is 2.70. The first-order valence-corrected chi connectivity index (χ1v) is 5.79. The molecule has 1 fully saturated rings. The molecule has 0 bridgehead atoms. The van der Waals surface area contributed by atoms with Gasteiger partial charge in [-0.3, -0.25) is 0 Å². The minimum Gasteiger partial charge on any atom is -0.304 e. The molecule has 1 rings (SSSR count). The molecule has 0 aromatic rings. The highest BCUT2D eigenvalue weighted by Gasteiger charge is 2.37. The van der Waals surface area contributed by atoms with Gasteiger partial charge in [0.15, 0.2) is 0 Å². The molecule has 5 nitrogen and oxygen atoms in total. The Hall–Kier alpha value is -0.170. The Bertz CT molecular complexity index is 257. The van der Waals surface area contributed by atoms with E-state index in [9.17, 15) is 8.42 Å². The molecule has 2 N–H and O–H groups in total. The molecule has 1 aliphatic heterocycles. The summed E-state index contributed by atoms with van der Waals surface area (Å²) in [6, 6.07) is 0. The molecular weight excluding hydrogens is 192 g/mol. The third-order valence-corrected chi connectivity index (χ3v) is 4.42. The van der Waals surface area contributed by atoms with Crippen LogP contribution < -0.4 is 5.90 Å². The summed E-state index contributed by atoms with van der Waals surface area (Å²) in [5.41, 5.74) is 0. The molecule has 0 aromatic carbocycles. The molecule has 13 heavy (non-hydrogen) atoms. The highest BCUT2D eigenvalue weighted by molar-refractivity contribution is 7.89. The summed E-state index contributed by atoms with van der Waals surface area (Å²) in [6.45, 7) is 4.88. The van der Waals surface area contributed by atoms with E-state index in [4.69, 9.17) is 5.90 Å². The lowest BCUT2D eigenvalue weighted by molar-refractivity contribution is 0.0505. The van der Waals surface area contributed by atoms with E-state index in [-0.39, 0.29) is 11.2 Å². The quantitative estimate of drug-likeness (QED) is 0.635. The highest BCUT2D eigenvalue weighted by atomic mass is 32.2. The van der Waals surface area contributed by atoms with Crippen LogP contribution in [0.2, 0.25) is 0 Å². The van der Waals surface area contributed by atoms with Crippen LogP contribution in [0.4, 0.5) is 0 Å². The van der Waals surface area contributed by atoms with Crippen LogP contribution in [0.25, 0.3) is 0 Å². The molecule has 0 unspecified atom stereocenters. The lowest BCUT2D eigenvalue weighted by atomic mass is 10.1. The van der Waals surface area contributed by atoms with Gasteiger partial charge in [-0.2, -0.15) is 0 Å². The summed E-state index contributed by atoms with van der Waals surface area (Å²) in [5, 5.41) is -0.341. The zero-order chi connectivity index (χ0) is 10.1. The van der Waals surface area contributed by atoms with E-state index in [1.54, 1.807) is 13.8 Å². The number of hydrogen-bond donors (Lipinski definition) is 1. The van der Waals surface area contributed by atoms with Crippen LogP contribution in [0.3, 0.4) is 0 Å². The van der Waals surface area contributed by atoms with Crippen molar-refractivity contribution in [1.82, 2.24) is 4.31 Å². The first-order chi connectivity index (χ1) is 5.98. The topological polar surface area (TPSA) is 72.6 Å². The second-order valence-corrected chi connectivity index (χ2v) is 6.10. The third-order valence-electron chi connectivity index (χ3n) is 2.21. The molecule has 0 spiro atoms. The Morgan fingerprint density at radius 1 is 1.54 bits per heavy atom. The second kappa shape index (κ2) is 3.91. The monoisotopic (exact) mass is 208 g/mol. The summed E-state index contributed by atoms with van der Waals surface area (Å²) < 4.78 is 24.5. The molecule has 0 radical (unpaired) electrons. The van der Waals surface area contributed by atoms with Crippen LogP contribution in [-0.4, -0.2) is 37.7 Å². The second-order valence-electron chi connectivity index (χ2n) is 3.61. The third kappa shape index (κ3) is 2.19. The van der Waals surface area contributed by atoms with Crippen molar-refractivity contribution in [2.24, 2.45) is 11.8 Å². The van der Waals surface area contributed by atoms with Crippen molar-refractivity contribution >= 4 is 10.0 Å². The number of nitrogens with zero attached hydrogens (tertiary/aromatic N) is 1. The van der Waals surface area contributed by atoms with Crippen molar-refractivity contribution in [3.63, 3.8) is 0 Å². The zero-order valence-corrected chi connectivity index (χ0v) is 8.75. The number of rotatable bonds is 4. The van der Waals surface area contributed by atoms with Gasteiger partial charge in [-0.25, -0.2) is 18.6 Å². The molecular formula is C7H16N2O3S. The summed E-state index contributed by atoms with van der Waals surface area (Å²) in [7, 11) is -3.05. The summed E-state index contributed by atoms with van der Waals surface area (Å²) in [4.78, 5) is 4.45. The largest absolute Gasteiger partial charge is 0.304 e. The lowest BCUT2D eigenvalue weighted by Crippen LogP contribution is -2.53. The molecule has 0 aliphatic carbocycles. The van der Waals surface area contributed by atoms with Crippen LogP contribution in [-0.2, 0) is 14.9 Å². The van der Waals surface area contributed by atoms with E-state index in [1.807, 2.05) is 0 Å². The zero-order valence-electron chi connectivity index (χ0n) is 7.93. The molecule has 0 amide bonds. The minimum atomic E-state index is -3.05. The van der Waals surface area contributed by atoms with Gasteiger partial charge in [0.2, 0.25) is 10.0 Å². The van der Waals surface area contributed by atoms with Gasteiger partial charge in [0.1, 0.15) is 0 Å². The van der Waals surface area contributed by atoms with Gasteiger partial charge in [-0.1, -0.05) is 0 Å². The van der Waals surface area contributed by atoms with E-state index in [1.165, 1.54) is 4.31 Å². The summed E-state index contributed by atoms with van der Waals surface area (Å²) in [6.07, 6.45) is 0. The van der Waals surface area contributed by atoms with E-state index in [0.29, 0.717) is 19.7 Å². The van der Waals surface area contributed by atoms with Gasteiger partial charge in [0, 0.05) is 19.0 Å². The number of hydrogen-bond acceptors (Lipinski definition) is 4. The van der Waals surface area contributed by atoms with Gasteiger partial charge in [-0.05, 0) is 13.8 Å². The average Bonchev–Trinajstić information content (AvgIpc) is 1.95. The van der Waals surface area contributed by atoms with E-state index >= 15 is 0 Å². The molecule has 0 aromatic heterocycles. The van der Waals surface area contributed by atoms with Crippen molar-refractivity contribution in [3.05, 3.63) is 0 Å². The molecule has 1 heterocycles. The maximum atomic E-state index is 11.5. The van der Waals surface area contributed by atoms with Crippen molar-refractivity contribution in [2.45, 2.75) is 19.1 Å². The van der Waals surface area contributed by atoms with Crippen LogP contribution in [0.15, 0.2) is 0 Å². The molecule has 0 saturated carbocycles. The van der Waals surface area contributed by atoms with Crippen molar-refractivity contribution < 1.29 is 13.3 Å². The Morgan fingerprint density at radius 3 is 2.46 bits per heavy atom. The van der Waals surface area contributed by atoms with E-state index in [0.717, 1.165) is 0 Å². The summed E-state index contributed by atoms with van der Waals surface area (Å²) >= 11 is 0. The Kier molecular flexibility index (Phi) is 3.28. The van der Waals surface area contributed by atoms with Crippen LogP contribution in [0, 0.1) is 5.92 Å². The average molecular weight is 208 g/mol.